The summed E-state index contributed by atoms with van der Waals surface area (Å²) < 4.78 is 0. The molecule has 2 atom stereocenters. The smallest absolute Gasteiger partial charge is 0.00457 e. The Kier molecular flexibility index (Phi) is 2.49. The Morgan fingerprint density at radius 1 is 1.00 bits per heavy atom. The van der Waals surface area contributed by atoms with Gasteiger partial charge in [0.1, 0.15) is 0 Å². The average Bonchev–Trinajstić information content (AvgIpc) is 2.33. The van der Waals surface area contributed by atoms with Crippen LogP contribution >= 0.6 is 0 Å². The van der Waals surface area contributed by atoms with Gasteiger partial charge in [0, 0.05) is 0 Å². The molecule has 9 heavy (non-hydrogen) atoms. The number of rotatable bonds is 2. The highest BCUT2D eigenvalue weighted by Crippen LogP contribution is 2.29. The van der Waals surface area contributed by atoms with Crippen LogP contribution in [0.5, 0.6) is 0 Å². The summed E-state index contributed by atoms with van der Waals surface area (Å²) in [5.41, 5.74) is 11.1. The van der Waals surface area contributed by atoms with Crippen LogP contribution in [-0.4, -0.2) is 13.1 Å². The number of hydrogen-bond donors (Lipinski definition) is 2. The van der Waals surface area contributed by atoms with Crippen molar-refractivity contribution < 1.29 is 0 Å². The van der Waals surface area contributed by atoms with Crippen molar-refractivity contribution in [2.75, 3.05) is 13.1 Å². The van der Waals surface area contributed by atoms with E-state index in [0.29, 0.717) is 0 Å². The zero-order chi connectivity index (χ0) is 6.69. The SMILES string of the molecule is NC[C@@H]1CCC[C@@H]1CN. The molecule has 0 aromatic carbocycles. The Bertz CT molecular complexity index is 73.0. The summed E-state index contributed by atoms with van der Waals surface area (Å²) in [6.07, 6.45) is 3.94. The predicted molar refractivity (Wildman–Crippen MR) is 38.9 cm³/mol. The van der Waals surface area contributed by atoms with Crippen molar-refractivity contribution in [3.05, 3.63) is 0 Å². The van der Waals surface area contributed by atoms with Gasteiger partial charge in [-0.25, -0.2) is 0 Å². The molecule has 1 rings (SSSR count). The normalized spacial score (nSPS) is 35.3. The van der Waals surface area contributed by atoms with E-state index < -0.39 is 0 Å². The van der Waals surface area contributed by atoms with Crippen molar-refractivity contribution in [3.8, 4) is 0 Å². The average molecular weight is 128 g/mol. The third kappa shape index (κ3) is 1.43. The second-order valence-corrected chi connectivity index (χ2v) is 2.92. The lowest BCUT2D eigenvalue weighted by atomic mass is 9.97. The molecule has 0 radical (unpaired) electrons. The van der Waals surface area contributed by atoms with Gasteiger partial charge >= 0.3 is 0 Å². The summed E-state index contributed by atoms with van der Waals surface area (Å²) in [7, 11) is 0. The summed E-state index contributed by atoms with van der Waals surface area (Å²) in [4.78, 5) is 0. The van der Waals surface area contributed by atoms with Crippen LogP contribution in [0, 0.1) is 11.8 Å². The Morgan fingerprint density at radius 2 is 1.44 bits per heavy atom. The van der Waals surface area contributed by atoms with Crippen molar-refractivity contribution >= 4 is 0 Å². The topological polar surface area (TPSA) is 52.0 Å². The Hall–Kier alpha value is -0.0800. The zero-order valence-corrected chi connectivity index (χ0v) is 5.84. The first-order valence-electron chi connectivity index (χ1n) is 3.78. The molecule has 0 unspecified atom stereocenters. The van der Waals surface area contributed by atoms with Gasteiger partial charge in [-0.15, -0.1) is 0 Å². The largest absolute Gasteiger partial charge is 0.330 e. The van der Waals surface area contributed by atoms with Gasteiger partial charge in [-0.1, -0.05) is 6.42 Å². The molecule has 0 heterocycles. The Balaban J connectivity index is 2.32. The van der Waals surface area contributed by atoms with Gasteiger partial charge in [0.05, 0.1) is 0 Å². The van der Waals surface area contributed by atoms with Crippen molar-refractivity contribution in [2.24, 2.45) is 23.3 Å². The first kappa shape index (κ1) is 7.03. The molecule has 1 aliphatic rings. The molecule has 0 bridgehead atoms. The van der Waals surface area contributed by atoms with Crippen LogP contribution in [0.4, 0.5) is 0 Å². The van der Waals surface area contributed by atoms with Crippen molar-refractivity contribution in [1.82, 2.24) is 0 Å². The third-order valence-corrected chi connectivity index (χ3v) is 2.42. The van der Waals surface area contributed by atoms with Crippen molar-refractivity contribution in [2.45, 2.75) is 19.3 Å². The highest BCUT2D eigenvalue weighted by atomic mass is 14.6. The van der Waals surface area contributed by atoms with Gasteiger partial charge in [-0.2, -0.15) is 0 Å². The molecule has 0 amide bonds. The maximum Gasteiger partial charge on any atom is -0.00457 e. The number of hydrogen-bond acceptors (Lipinski definition) is 2. The molecule has 54 valence electrons. The monoisotopic (exact) mass is 128 g/mol. The molecule has 1 saturated carbocycles. The Labute approximate surface area is 56.6 Å². The van der Waals surface area contributed by atoms with Crippen LogP contribution in [0.25, 0.3) is 0 Å². The summed E-state index contributed by atoms with van der Waals surface area (Å²) in [6.45, 7) is 1.67. The second-order valence-electron chi connectivity index (χ2n) is 2.92. The summed E-state index contributed by atoms with van der Waals surface area (Å²) in [5, 5.41) is 0. The van der Waals surface area contributed by atoms with E-state index in [-0.39, 0.29) is 0 Å². The highest BCUT2D eigenvalue weighted by Gasteiger charge is 2.23. The van der Waals surface area contributed by atoms with Crippen LogP contribution in [-0.2, 0) is 0 Å². The van der Waals surface area contributed by atoms with Gasteiger partial charge in [0.15, 0.2) is 0 Å². The molecule has 4 N–H and O–H groups in total. The van der Waals surface area contributed by atoms with E-state index >= 15 is 0 Å². The zero-order valence-electron chi connectivity index (χ0n) is 5.84. The maximum atomic E-state index is 5.54. The van der Waals surface area contributed by atoms with Gasteiger partial charge in [0.25, 0.3) is 0 Å². The first-order chi connectivity index (χ1) is 4.38. The molecule has 0 aromatic heterocycles. The predicted octanol–water partition coefficient (Wildman–Crippen LogP) is 0.320. The Morgan fingerprint density at radius 3 is 1.78 bits per heavy atom. The maximum absolute atomic E-state index is 5.54. The first-order valence-corrected chi connectivity index (χ1v) is 3.78. The van der Waals surface area contributed by atoms with Crippen molar-refractivity contribution in [3.63, 3.8) is 0 Å². The van der Waals surface area contributed by atoms with E-state index in [2.05, 4.69) is 0 Å². The van der Waals surface area contributed by atoms with Crippen molar-refractivity contribution in [1.29, 1.82) is 0 Å². The fourth-order valence-electron chi connectivity index (χ4n) is 1.73. The lowest BCUT2D eigenvalue weighted by molar-refractivity contribution is 0.405. The lowest BCUT2D eigenvalue weighted by Gasteiger charge is -2.14. The van der Waals surface area contributed by atoms with Gasteiger partial charge in [-0.3, -0.25) is 0 Å². The minimum absolute atomic E-state index is 0.731. The molecule has 0 aromatic rings. The van der Waals surface area contributed by atoms with E-state index in [1.54, 1.807) is 0 Å². The van der Waals surface area contributed by atoms with E-state index in [4.69, 9.17) is 11.5 Å². The minimum Gasteiger partial charge on any atom is -0.330 e. The molecule has 0 spiro atoms. The quantitative estimate of drug-likeness (QED) is 0.562. The lowest BCUT2D eigenvalue weighted by Crippen LogP contribution is -2.24. The van der Waals surface area contributed by atoms with Crippen LogP contribution in [0.2, 0.25) is 0 Å². The van der Waals surface area contributed by atoms with Crippen LogP contribution in [0.15, 0.2) is 0 Å². The van der Waals surface area contributed by atoms with E-state index in [1.807, 2.05) is 0 Å². The summed E-state index contributed by atoms with van der Waals surface area (Å²) >= 11 is 0. The molecule has 1 fully saturated rings. The number of nitrogens with two attached hydrogens (primary N) is 2. The van der Waals surface area contributed by atoms with E-state index in [9.17, 15) is 0 Å². The molecule has 0 aliphatic heterocycles. The molecule has 1 aliphatic carbocycles. The van der Waals surface area contributed by atoms with Gasteiger partial charge < -0.3 is 11.5 Å². The minimum atomic E-state index is 0.731. The fraction of sp³-hybridized carbons (Fsp3) is 1.00. The molecular formula is C7H16N2. The standard InChI is InChI=1S/C7H16N2/c8-4-6-2-1-3-7(6)5-9/h6-7H,1-5,8-9H2/t6-,7+. The molecule has 2 heteroatoms. The summed E-state index contributed by atoms with van der Waals surface area (Å²) in [5.74, 6) is 1.46. The summed E-state index contributed by atoms with van der Waals surface area (Å²) in [6, 6.07) is 0. The highest BCUT2D eigenvalue weighted by molar-refractivity contribution is 4.78. The molecular weight excluding hydrogens is 112 g/mol. The molecule has 2 nitrogen and oxygen atoms in total. The second kappa shape index (κ2) is 3.18. The third-order valence-electron chi connectivity index (χ3n) is 2.42. The van der Waals surface area contributed by atoms with Gasteiger partial charge in [-0.05, 0) is 37.8 Å². The van der Waals surface area contributed by atoms with Crippen LogP contribution in [0.1, 0.15) is 19.3 Å². The molecule has 0 saturated heterocycles. The van der Waals surface area contributed by atoms with Crippen LogP contribution in [0.3, 0.4) is 0 Å². The van der Waals surface area contributed by atoms with Crippen LogP contribution < -0.4 is 11.5 Å². The van der Waals surface area contributed by atoms with E-state index in [0.717, 1.165) is 24.9 Å². The van der Waals surface area contributed by atoms with E-state index in [1.165, 1.54) is 19.3 Å². The fourth-order valence-corrected chi connectivity index (χ4v) is 1.73. The van der Waals surface area contributed by atoms with Gasteiger partial charge in [0.2, 0.25) is 0 Å².